The Morgan fingerprint density at radius 2 is 1.14 bits per heavy atom. The van der Waals surface area contributed by atoms with E-state index in [1.165, 1.54) is 41.9 Å². The van der Waals surface area contributed by atoms with Crippen LogP contribution in [-0.4, -0.2) is 51.1 Å². The molecule has 1 amide bonds. The lowest BCUT2D eigenvalue weighted by Crippen LogP contribution is -2.44. The lowest BCUT2D eigenvalue weighted by atomic mass is 9.84. The van der Waals surface area contributed by atoms with Gasteiger partial charge in [-0.05, 0) is 86.0 Å². The molecule has 0 aliphatic heterocycles. The van der Waals surface area contributed by atoms with E-state index in [0.29, 0.717) is 22.5 Å². The Kier molecular flexibility index (Phi) is 15.1. The molecule has 0 aliphatic carbocycles. The molecule has 0 saturated heterocycles. The zero-order valence-electron chi connectivity index (χ0n) is 32.4. The van der Waals surface area contributed by atoms with Crippen LogP contribution < -0.4 is 10.6 Å². The number of pyridine rings is 2. The van der Waals surface area contributed by atoms with Gasteiger partial charge >= 0.3 is 6.09 Å². The largest absolute Gasteiger partial charge is 0.465 e. The quantitative estimate of drug-likeness (QED) is 0.108. The molecule has 0 saturated carbocycles. The second-order valence-electron chi connectivity index (χ2n) is 14.0. The number of hydrogen-bond donors (Lipinski definition) is 3. The van der Waals surface area contributed by atoms with Crippen LogP contribution in [0, 0.1) is 31.2 Å². The van der Waals surface area contributed by atoms with Gasteiger partial charge in [0, 0.05) is 63.4 Å². The Balaban J connectivity index is 0.000000259. The normalized spacial score (nSPS) is 12.2. The van der Waals surface area contributed by atoms with Crippen LogP contribution in [0.5, 0.6) is 0 Å². The monoisotopic (exact) mass is 888 g/mol. The maximum absolute atomic E-state index is 14.7. The third-order valence-corrected chi connectivity index (χ3v) is 16.3. The molecule has 3 N–H and O–H groups in total. The summed E-state index contributed by atoms with van der Waals surface area (Å²) in [4.78, 5) is 20.6. The van der Waals surface area contributed by atoms with E-state index >= 15 is 0 Å². The highest BCUT2D eigenvalue weighted by molar-refractivity contribution is 7.94. The van der Waals surface area contributed by atoms with Gasteiger partial charge in [-0.2, -0.15) is 8.78 Å². The van der Waals surface area contributed by atoms with E-state index in [-0.39, 0.29) is 53.7 Å². The molecule has 0 spiro atoms. The molecular weight excluding hydrogens is 846 g/mol. The second kappa shape index (κ2) is 19.0. The van der Waals surface area contributed by atoms with E-state index in [2.05, 4.69) is 20.6 Å². The first-order chi connectivity index (χ1) is 26.9. The number of nitrogens with one attached hydrogen (secondary N) is 2. The molecule has 0 bridgehead atoms. The summed E-state index contributed by atoms with van der Waals surface area (Å²) in [5, 5.41) is 14.8. The van der Waals surface area contributed by atoms with Gasteiger partial charge in [-0.15, -0.1) is 35.1 Å². The predicted octanol–water partition coefficient (Wildman–Crippen LogP) is 9.55. The highest BCUT2D eigenvalue weighted by Crippen LogP contribution is 2.44. The fourth-order valence-corrected chi connectivity index (χ4v) is 12.8. The van der Waals surface area contributed by atoms with Crippen molar-refractivity contribution in [2.24, 2.45) is 5.41 Å². The summed E-state index contributed by atoms with van der Waals surface area (Å²) in [5.74, 6) is -1.44. The van der Waals surface area contributed by atoms with Crippen molar-refractivity contribution in [2.75, 3.05) is 7.05 Å². The minimum Gasteiger partial charge on any atom is -0.465 e. The van der Waals surface area contributed by atoms with E-state index in [1.807, 2.05) is 27.7 Å². The van der Waals surface area contributed by atoms with Crippen molar-refractivity contribution >= 4 is 60.8 Å². The molecule has 0 aliphatic rings. The number of sulfone groups is 2. The maximum atomic E-state index is 14.7. The van der Waals surface area contributed by atoms with Crippen LogP contribution in [0.15, 0.2) is 116 Å². The molecule has 4 aromatic heterocycles. The minimum atomic E-state index is -3.94. The van der Waals surface area contributed by atoms with Crippen LogP contribution in [0.2, 0.25) is 0 Å². The topological polar surface area (TPSA) is 155 Å². The number of rotatable bonds is 11. The summed E-state index contributed by atoms with van der Waals surface area (Å²) in [6.45, 7) is 9.77. The first-order valence-corrected chi connectivity index (χ1v) is 22.2. The number of nitrogens with zero attached hydrogens (tertiary/aromatic N) is 2. The molecule has 308 valence electrons. The number of aromatic nitrogens is 2. The molecule has 2 aromatic carbocycles. The van der Waals surface area contributed by atoms with Crippen LogP contribution in [0.3, 0.4) is 0 Å². The molecule has 17 heteroatoms. The molecular formula is C41H43ClF2N4O6S4. The Hall–Kier alpha value is -4.58. The standard InChI is InChI=1S/C23H25FN2O4S2.C18H17FN2O2S2.ClH/c1-14-17(13-18(23(2,3)4)26-22(27)28)31-21(19(14)16-11-8-12-25-20(16)24)32(29,30)15-9-6-5-7-10-15;1-12-15(11-20-2)24-18(16(12)14-9-6-10-21-17(14)19)25(22,23)13-7-4-3-5-8-13;/h5-12,18,26H,13H2,1-4H3,(H,27,28);3-10,20H,11H2,1-2H3;1H. The zero-order chi connectivity index (χ0) is 41.7. The lowest BCUT2D eigenvalue weighted by molar-refractivity contribution is 0.174. The molecule has 1 unspecified atom stereocenters. The number of amides is 1. The van der Waals surface area contributed by atoms with Gasteiger partial charge in [0.2, 0.25) is 31.6 Å². The summed E-state index contributed by atoms with van der Waals surface area (Å²) in [6.07, 6.45) is 1.76. The van der Waals surface area contributed by atoms with E-state index in [1.54, 1.807) is 80.7 Å². The smallest absolute Gasteiger partial charge is 0.404 e. The van der Waals surface area contributed by atoms with Crippen molar-refractivity contribution < 1.29 is 35.5 Å². The lowest BCUT2D eigenvalue weighted by Gasteiger charge is -2.30. The van der Waals surface area contributed by atoms with Crippen molar-refractivity contribution in [1.82, 2.24) is 20.6 Å². The second-order valence-corrected chi connectivity index (χ2v) is 20.5. The van der Waals surface area contributed by atoms with Crippen LogP contribution in [0.25, 0.3) is 22.3 Å². The summed E-state index contributed by atoms with van der Waals surface area (Å²) < 4.78 is 82.5. The molecule has 58 heavy (non-hydrogen) atoms. The number of benzene rings is 2. The van der Waals surface area contributed by atoms with Crippen molar-refractivity contribution in [3.63, 3.8) is 0 Å². The molecule has 6 aromatic rings. The van der Waals surface area contributed by atoms with Gasteiger partial charge in [0.15, 0.2) is 0 Å². The summed E-state index contributed by atoms with van der Waals surface area (Å²) in [6, 6.07) is 21.9. The van der Waals surface area contributed by atoms with Gasteiger partial charge in [0.25, 0.3) is 0 Å². The molecule has 0 fully saturated rings. The van der Waals surface area contributed by atoms with Crippen molar-refractivity contribution in [3.8, 4) is 22.3 Å². The first-order valence-electron chi connectivity index (χ1n) is 17.6. The Morgan fingerprint density at radius 3 is 1.52 bits per heavy atom. The molecule has 4 heterocycles. The van der Waals surface area contributed by atoms with Gasteiger partial charge in [0.05, 0.1) is 9.79 Å². The number of halogens is 3. The van der Waals surface area contributed by atoms with Crippen molar-refractivity contribution in [2.45, 2.75) is 71.8 Å². The Bertz CT molecular complexity index is 2600. The number of thiophene rings is 2. The third-order valence-electron chi connectivity index (χ3n) is 9.15. The van der Waals surface area contributed by atoms with Gasteiger partial charge in [-0.25, -0.2) is 31.6 Å². The van der Waals surface area contributed by atoms with Crippen LogP contribution >= 0.6 is 35.1 Å². The van der Waals surface area contributed by atoms with Crippen LogP contribution in [0.1, 0.15) is 41.7 Å². The molecule has 0 radical (unpaired) electrons. The van der Waals surface area contributed by atoms with Gasteiger partial charge in [-0.3, -0.25) is 0 Å². The van der Waals surface area contributed by atoms with Crippen LogP contribution in [0.4, 0.5) is 13.6 Å². The average Bonchev–Trinajstić information content (AvgIpc) is 3.68. The fraction of sp³-hybridized carbons (Fsp3) is 0.244. The Labute approximate surface area is 351 Å². The van der Waals surface area contributed by atoms with Gasteiger partial charge < -0.3 is 15.7 Å². The maximum Gasteiger partial charge on any atom is 0.404 e. The average molecular weight is 890 g/mol. The summed E-state index contributed by atoms with van der Waals surface area (Å²) in [5.41, 5.74) is 1.88. The summed E-state index contributed by atoms with van der Waals surface area (Å²) in [7, 11) is -5.91. The number of carboxylic acid groups (broad SMARTS) is 1. The first kappa shape index (κ1) is 46.1. The highest BCUT2D eigenvalue weighted by atomic mass is 35.5. The van der Waals surface area contributed by atoms with Crippen LogP contribution in [-0.2, 0) is 32.6 Å². The Morgan fingerprint density at radius 1 is 0.724 bits per heavy atom. The van der Waals surface area contributed by atoms with Crippen molar-refractivity contribution in [1.29, 1.82) is 0 Å². The number of carbonyl (C=O) groups is 1. The van der Waals surface area contributed by atoms with Crippen molar-refractivity contribution in [3.05, 3.63) is 130 Å². The summed E-state index contributed by atoms with van der Waals surface area (Å²) >= 11 is 2.22. The molecule has 10 nitrogen and oxygen atoms in total. The molecule has 1 atom stereocenters. The van der Waals surface area contributed by atoms with Gasteiger partial charge in [-0.1, -0.05) is 57.2 Å². The predicted molar refractivity (Wildman–Crippen MR) is 226 cm³/mol. The van der Waals surface area contributed by atoms with Gasteiger partial charge in [0.1, 0.15) is 8.42 Å². The van der Waals surface area contributed by atoms with E-state index < -0.39 is 49.1 Å². The SMILES string of the molecule is CNCc1sc(S(=O)(=O)c2ccccc2)c(-c2cccnc2F)c1C.Cc1c(CC(NC(=O)O)C(C)(C)C)sc(S(=O)(=O)c2ccccc2)c1-c1cccnc1F.Cl. The van der Waals surface area contributed by atoms with E-state index in [0.717, 1.165) is 21.8 Å². The highest BCUT2D eigenvalue weighted by Gasteiger charge is 2.33. The van der Waals surface area contributed by atoms with E-state index in [9.17, 15) is 35.5 Å². The van der Waals surface area contributed by atoms with E-state index in [4.69, 9.17) is 0 Å². The zero-order valence-corrected chi connectivity index (χ0v) is 36.5. The minimum absolute atomic E-state index is 0. The fourth-order valence-electron chi connectivity index (χ4n) is 6.06. The third kappa shape index (κ3) is 9.98. The number of hydrogen-bond acceptors (Lipinski definition) is 10. The molecule has 6 rings (SSSR count).